The first kappa shape index (κ1) is 17.1. The normalized spacial score (nSPS) is 11.1. The first-order chi connectivity index (χ1) is 9.69. The van der Waals surface area contributed by atoms with Crippen molar-refractivity contribution in [1.82, 2.24) is 4.90 Å². The minimum absolute atomic E-state index is 0.0255. The summed E-state index contributed by atoms with van der Waals surface area (Å²) in [5.41, 5.74) is -0.107. The van der Waals surface area contributed by atoms with Crippen molar-refractivity contribution >= 4 is 11.9 Å². The van der Waals surface area contributed by atoms with Crippen LogP contribution in [0.25, 0.3) is 0 Å². The Labute approximate surface area is 124 Å². The van der Waals surface area contributed by atoms with Crippen LogP contribution < -0.4 is 0 Å². The molecule has 21 heavy (non-hydrogen) atoms. The van der Waals surface area contributed by atoms with E-state index in [1.165, 1.54) is 11.0 Å². The van der Waals surface area contributed by atoms with E-state index in [0.29, 0.717) is 5.56 Å². The Morgan fingerprint density at radius 1 is 1.19 bits per heavy atom. The number of hydrogen-bond donors (Lipinski definition) is 0. The third kappa shape index (κ3) is 6.38. The van der Waals surface area contributed by atoms with E-state index in [1.807, 2.05) is 0 Å². The second kappa shape index (κ2) is 7.20. The molecule has 0 aliphatic heterocycles. The molecule has 0 heterocycles. The van der Waals surface area contributed by atoms with E-state index in [0.717, 1.165) is 0 Å². The van der Waals surface area contributed by atoms with Crippen LogP contribution in [0.15, 0.2) is 24.3 Å². The van der Waals surface area contributed by atoms with Crippen LogP contribution in [0.1, 0.15) is 39.2 Å². The van der Waals surface area contributed by atoms with Gasteiger partial charge in [0.05, 0.1) is 6.42 Å². The Bertz CT molecular complexity index is 508. The molecule has 1 amide bonds. The molecule has 4 nitrogen and oxygen atoms in total. The van der Waals surface area contributed by atoms with Gasteiger partial charge in [-0.25, -0.2) is 4.39 Å². The fourth-order valence-corrected chi connectivity index (χ4v) is 1.76. The monoisotopic (exact) mass is 295 g/mol. The fourth-order valence-electron chi connectivity index (χ4n) is 1.76. The van der Waals surface area contributed by atoms with Crippen molar-refractivity contribution in [2.24, 2.45) is 0 Å². The average molecular weight is 295 g/mol. The zero-order chi connectivity index (χ0) is 16.0. The quantitative estimate of drug-likeness (QED) is 0.785. The summed E-state index contributed by atoms with van der Waals surface area (Å²) in [5, 5.41) is 0. The molecule has 0 spiro atoms. The van der Waals surface area contributed by atoms with Gasteiger partial charge in [-0.15, -0.1) is 0 Å². The molecule has 0 unspecified atom stereocenters. The van der Waals surface area contributed by atoms with E-state index in [1.54, 1.807) is 46.0 Å². The number of nitrogens with zero attached hydrogens (tertiary/aromatic N) is 1. The number of hydrogen-bond acceptors (Lipinski definition) is 3. The minimum atomic E-state index is -0.556. The van der Waals surface area contributed by atoms with Crippen LogP contribution in [0, 0.1) is 5.82 Å². The van der Waals surface area contributed by atoms with Crippen molar-refractivity contribution < 1.29 is 18.7 Å². The van der Waals surface area contributed by atoms with Crippen LogP contribution >= 0.6 is 0 Å². The van der Waals surface area contributed by atoms with Crippen LogP contribution in [0.4, 0.5) is 4.39 Å². The number of amides is 1. The lowest BCUT2D eigenvalue weighted by molar-refractivity contribution is -0.156. The molecule has 1 aromatic carbocycles. The summed E-state index contributed by atoms with van der Waals surface area (Å²) in [6.07, 6.45) is 0.0809. The molecule has 0 aliphatic rings. The average Bonchev–Trinajstić information content (AvgIpc) is 2.36. The summed E-state index contributed by atoms with van der Waals surface area (Å²) in [7, 11) is 1.59. The highest BCUT2D eigenvalue weighted by Gasteiger charge is 2.18. The molecule has 5 heteroatoms. The molecule has 0 aliphatic carbocycles. The van der Waals surface area contributed by atoms with Gasteiger partial charge in [0.25, 0.3) is 0 Å². The van der Waals surface area contributed by atoms with Gasteiger partial charge in [-0.2, -0.15) is 0 Å². The highest BCUT2D eigenvalue weighted by Crippen LogP contribution is 2.12. The Hall–Kier alpha value is -1.91. The maximum Gasteiger partial charge on any atom is 0.306 e. The Morgan fingerprint density at radius 3 is 2.38 bits per heavy atom. The maximum atomic E-state index is 13.5. The number of rotatable bonds is 5. The van der Waals surface area contributed by atoms with Crippen molar-refractivity contribution in [2.75, 3.05) is 7.05 Å². The Morgan fingerprint density at radius 2 is 1.81 bits per heavy atom. The third-order valence-corrected chi connectivity index (χ3v) is 2.75. The summed E-state index contributed by atoms with van der Waals surface area (Å²) in [6, 6.07) is 6.31. The van der Waals surface area contributed by atoms with Gasteiger partial charge in [0.15, 0.2) is 0 Å². The molecule has 0 atom stereocenters. The Balaban J connectivity index is 2.45. The number of benzene rings is 1. The van der Waals surface area contributed by atoms with Gasteiger partial charge in [0.1, 0.15) is 11.4 Å². The van der Waals surface area contributed by atoms with E-state index in [-0.39, 0.29) is 31.1 Å². The topological polar surface area (TPSA) is 46.6 Å². The Kier molecular flexibility index (Phi) is 5.88. The minimum Gasteiger partial charge on any atom is -0.460 e. The van der Waals surface area contributed by atoms with Crippen molar-refractivity contribution in [3.05, 3.63) is 35.6 Å². The molecular formula is C16H22FNO3. The molecule has 0 N–H and O–H groups in total. The van der Waals surface area contributed by atoms with Gasteiger partial charge in [-0.05, 0) is 26.8 Å². The zero-order valence-corrected chi connectivity index (χ0v) is 13.0. The summed E-state index contributed by atoms with van der Waals surface area (Å²) in [4.78, 5) is 24.9. The second-order valence-corrected chi connectivity index (χ2v) is 5.93. The van der Waals surface area contributed by atoms with Crippen molar-refractivity contribution in [3.63, 3.8) is 0 Å². The SMILES string of the molecule is CN(Cc1ccccc1F)C(=O)CCC(=O)OC(C)(C)C. The maximum absolute atomic E-state index is 13.5. The van der Waals surface area contributed by atoms with Crippen LogP contribution in [0.2, 0.25) is 0 Å². The molecule has 0 saturated heterocycles. The van der Waals surface area contributed by atoms with Crippen molar-refractivity contribution in [2.45, 2.75) is 45.8 Å². The molecule has 0 fully saturated rings. The first-order valence-corrected chi connectivity index (χ1v) is 6.88. The molecule has 116 valence electrons. The largest absolute Gasteiger partial charge is 0.460 e. The summed E-state index contributed by atoms with van der Waals surface area (Å²) in [5.74, 6) is -0.969. The number of carbonyl (C=O) groups is 2. The van der Waals surface area contributed by atoms with Crippen molar-refractivity contribution in [3.8, 4) is 0 Å². The van der Waals surface area contributed by atoms with Gasteiger partial charge in [-0.3, -0.25) is 9.59 Å². The van der Waals surface area contributed by atoms with Crippen LogP contribution in [0.5, 0.6) is 0 Å². The van der Waals surface area contributed by atoms with E-state index in [9.17, 15) is 14.0 Å². The standard InChI is InChI=1S/C16H22FNO3/c1-16(2,3)21-15(20)10-9-14(19)18(4)11-12-7-5-6-8-13(12)17/h5-8H,9-11H2,1-4H3. The lowest BCUT2D eigenvalue weighted by atomic mass is 10.2. The van der Waals surface area contributed by atoms with Crippen LogP contribution in [-0.2, 0) is 20.9 Å². The van der Waals surface area contributed by atoms with E-state index < -0.39 is 11.6 Å². The zero-order valence-electron chi connectivity index (χ0n) is 13.0. The highest BCUT2D eigenvalue weighted by atomic mass is 19.1. The number of halogens is 1. The van der Waals surface area contributed by atoms with E-state index in [4.69, 9.17) is 4.74 Å². The van der Waals surface area contributed by atoms with Gasteiger partial charge >= 0.3 is 5.97 Å². The number of ether oxygens (including phenoxy) is 1. The predicted molar refractivity (Wildman–Crippen MR) is 78.0 cm³/mol. The van der Waals surface area contributed by atoms with Gasteiger partial charge < -0.3 is 9.64 Å². The lowest BCUT2D eigenvalue weighted by Crippen LogP contribution is -2.28. The smallest absolute Gasteiger partial charge is 0.306 e. The lowest BCUT2D eigenvalue weighted by Gasteiger charge is -2.20. The number of carbonyl (C=O) groups excluding carboxylic acids is 2. The second-order valence-electron chi connectivity index (χ2n) is 5.93. The molecule has 0 bridgehead atoms. The molecule has 1 rings (SSSR count). The highest BCUT2D eigenvalue weighted by molar-refractivity contribution is 5.81. The summed E-state index contributed by atoms with van der Waals surface area (Å²) < 4.78 is 18.6. The van der Waals surface area contributed by atoms with E-state index >= 15 is 0 Å². The summed E-state index contributed by atoms with van der Waals surface area (Å²) in [6.45, 7) is 5.50. The summed E-state index contributed by atoms with van der Waals surface area (Å²) >= 11 is 0. The molecule has 0 aromatic heterocycles. The van der Waals surface area contributed by atoms with E-state index in [2.05, 4.69) is 0 Å². The number of esters is 1. The van der Waals surface area contributed by atoms with Crippen LogP contribution in [0.3, 0.4) is 0 Å². The van der Waals surface area contributed by atoms with Gasteiger partial charge in [-0.1, -0.05) is 18.2 Å². The van der Waals surface area contributed by atoms with Gasteiger partial charge in [0, 0.05) is 25.6 Å². The molecular weight excluding hydrogens is 273 g/mol. The predicted octanol–water partition coefficient (Wildman–Crippen LogP) is 2.91. The van der Waals surface area contributed by atoms with Gasteiger partial charge in [0.2, 0.25) is 5.91 Å². The fraction of sp³-hybridized carbons (Fsp3) is 0.500. The van der Waals surface area contributed by atoms with Crippen molar-refractivity contribution in [1.29, 1.82) is 0 Å². The third-order valence-electron chi connectivity index (χ3n) is 2.75. The first-order valence-electron chi connectivity index (χ1n) is 6.88. The van der Waals surface area contributed by atoms with Crippen LogP contribution in [-0.4, -0.2) is 29.4 Å². The molecule has 1 aromatic rings. The molecule has 0 saturated carbocycles. The molecule has 0 radical (unpaired) electrons.